The summed E-state index contributed by atoms with van der Waals surface area (Å²) in [7, 11) is 0. The van der Waals surface area contributed by atoms with E-state index < -0.39 is 5.92 Å². The highest BCUT2D eigenvalue weighted by Gasteiger charge is 2.33. The van der Waals surface area contributed by atoms with Crippen LogP contribution in [-0.2, 0) is 6.54 Å². The Morgan fingerprint density at radius 3 is 2.27 bits per heavy atom. The lowest BCUT2D eigenvalue weighted by Gasteiger charge is -2.31. The van der Waals surface area contributed by atoms with Gasteiger partial charge in [0.25, 0.3) is 5.92 Å². The van der Waals surface area contributed by atoms with Crippen molar-refractivity contribution in [2.24, 2.45) is 0 Å². The topological polar surface area (TPSA) is 29.0 Å². The molecule has 4 rings (SSSR count). The summed E-state index contributed by atoms with van der Waals surface area (Å²) in [6.45, 7) is 17.8. The van der Waals surface area contributed by atoms with Crippen LogP contribution < -0.4 is 0 Å². The lowest BCUT2D eigenvalue weighted by Crippen LogP contribution is -2.38. The molecule has 0 aliphatic carbocycles. The van der Waals surface area contributed by atoms with Gasteiger partial charge in [-0.3, -0.25) is 14.9 Å². The Labute approximate surface area is 218 Å². The highest BCUT2D eigenvalue weighted by atomic mass is 19.3. The van der Waals surface area contributed by atoms with E-state index in [2.05, 4.69) is 66.1 Å². The van der Waals surface area contributed by atoms with E-state index in [0.29, 0.717) is 31.1 Å². The normalized spacial score (nSPS) is 15.1. The van der Waals surface area contributed by atoms with Gasteiger partial charge in [-0.05, 0) is 65.8 Å². The monoisotopic (exact) mass is 507 g/mol. The maximum atomic E-state index is 13.4. The first kappa shape index (κ1) is 28.3. The first-order valence-corrected chi connectivity index (χ1v) is 12.6. The number of pyridine rings is 2. The van der Waals surface area contributed by atoms with Crippen LogP contribution in [0.2, 0.25) is 0 Å². The lowest BCUT2D eigenvalue weighted by atomic mass is 9.88. The lowest BCUT2D eigenvalue weighted by molar-refractivity contribution is -0.0566. The molecule has 37 heavy (non-hydrogen) atoms. The Kier molecular flexibility index (Phi) is 9.44. The largest absolute Gasteiger partial charge is 0.299 e. The number of rotatable bonds is 6. The Hall–Kier alpha value is -3.25. The molecule has 1 aromatic carbocycles. The molecule has 6 heteroatoms. The molecule has 3 aromatic rings. The maximum Gasteiger partial charge on any atom is 0.250 e. The summed E-state index contributed by atoms with van der Waals surface area (Å²) in [5, 5.41) is 0. The average Bonchev–Trinajstić information content (AvgIpc) is 2.87. The predicted molar refractivity (Wildman–Crippen MR) is 146 cm³/mol. The third kappa shape index (κ3) is 7.86. The number of aromatic nitrogens is 2. The summed E-state index contributed by atoms with van der Waals surface area (Å²) in [4.78, 5) is 10.2. The van der Waals surface area contributed by atoms with Gasteiger partial charge in [-0.1, -0.05) is 44.7 Å². The molecule has 0 saturated carbocycles. The quantitative estimate of drug-likeness (QED) is 0.315. The molecular formula is C31H36F3N3. The fraction of sp³-hybridized carbons (Fsp3) is 0.355. The summed E-state index contributed by atoms with van der Waals surface area (Å²) >= 11 is 0. The highest BCUT2D eigenvalue weighted by Crippen LogP contribution is 2.33. The van der Waals surface area contributed by atoms with Crippen LogP contribution in [0.25, 0.3) is 16.7 Å². The molecule has 3 nitrogen and oxygen atoms in total. The van der Waals surface area contributed by atoms with Crippen LogP contribution in [0.3, 0.4) is 0 Å². The van der Waals surface area contributed by atoms with E-state index in [1.165, 1.54) is 24.0 Å². The van der Waals surface area contributed by atoms with Gasteiger partial charge in [-0.15, -0.1) is 0 Å². The molecule has 1 fully saturated rings. The fourth-order valence-electron chi connectivity index (χ4n) is 4.22. The van der Waals surface area contributed by atoms with Crippen LogP contribution in [0.5, 0.6) is 0 Å². The molecule has 1 aliphatic rings. The van der Waals surface area contributed by atoms with Crippen molar-refractivity contribution in [2.75, 3.05) is 13.1 Å². The van der Waals surface area contributed by atoms with E-state index in [1.807, 2.05) is 19.3 Å². The summed E-state index contributed by atoms with van der Waals surface area (Å²) in [5.74, 6) is -2.33. The van der Waals surface area contributed by atoms with E-state index in [-0.39, 0.29) is 18.7 Å². The number of nitrogens with zero attached hydrogens (tertiary/aromatic N) is 3. The number of piperidine rings is 1. The molecule has 2 aromatic heterocycles. The highest BCUT2D eigenvalue weighted by molar-refractivity contribution is 5.81. The van der Waals surface area contributed by atoms with Crippen LogP contribution in [0.4, 0.5) is 13.2 Å². The van der Waals surface area contributed by atoms with Gasteiger partial charge < -0.3 is 0 Å². The molecule has 0 unspecified atom stereocenters. The van der Waals surface area contributed by atoms with Gasteiger partial charge in [-0.25, -0.2) is 13.2 Å². The molecule has 1 saturated heterocycles. The number of aryl methyl sites for hydroxylation is 1. The first-order valence-electron chi connectivity index (χ1n) is 12.6. The SMILES string of the molecule is C=C(C)C(=C)c1cc(-c2cncc(CN3CCC(F)(F)CC3)c2)ccc1C(C)C.Cc1cnccc1F. The Morgan fingerprint density at radius 1 is 1.00 bits per heavy atom. The summed E-state index contributed by atoms with van der Waals surface area (Å²) < 4.78 is 39.1. The van der Waals surface area contributed by atoms with Crippen LogP contribution in [0, 0.1) is 12.7 Å². The Morgan fingerprint density at radius 2 is 1.70 bits per heavy atom. The number of alkyl halides is 2. The number of hydrogen-bond acceptors (Lipinski definition) is 3. The summed E-state index contributed by atoms with van der Waals surface area (Å²) in [5.41, 5.74) is 8.01. The maximum absolute atomic E-state index is 13.4. The van der Waals surface area contributed by atoms with E-state index in [9.17, 15) is 13.2 Å². The Bertz CT molecular complexity index is 1220. The van der Waals surface area contributed by atoms with Crippen LogP contribution in [-0.4, -0.2) is 33.9 Å². The second kappa shape index (κ2) is 12.3. The second-order valence-corrected chi connectivity index (χ2v) is 10.1. The summed E-state index contributed by atoms with van der Waals surface area (Å²) in [6.07, 6.45) is 6.47. The van der Waals surface area contributed by atoms with Crippen molar-refractivity contribution in [2.45, 2.75) is 58.9 Å². The van der Waals surface area contributed by atoms with Crippen molar-refractivity contribution in [3.05, 3.63) is 102 Å². The van der Waals surface area contributed by atoms with Crippen molar-refractivity contribution >= 4 is 5.57 Å². The number of likely N-dealkylation sites (tertiary alicyclic amines) is 1. The minimum Gasteiger partial charge on any atom is -0.299 e. The van der Waals surface area contributed by atoms with E-state index in [0.717, 1.165) is 33.4 Å². The average molecular weight is 508 g/mol. The minimum absolute atomic E-state index is 0.0663. The van der Waals surface area contributed by atoms with Gasteiger partial charge in [-0.2, -0.15) is 0 Å². The number of hydrogen-bond donors (Lipinski definition) is 0. The van der Waals surface area contributed by atoms with Crippen molar-refractivity contribution in [3.63, 3.8) is 0 Å². The van der Waals surface area contributed by atoms with Crippen LogP contribution in [0.15, 0.2) is 73.9 Å². The first-order chi connectivity index (χ1) is 17.5. The van der Waals surface area contributed by atoms with Crippen LogP contribution in [0.1, 0.15) is 61.8 Å². The smallest absolute Gasteiger partial charge is 0.250 e. The molecule has 0 N–H and O–H groups in total. The fourth-order valence-corrected chi connectivity index (χ4v) is 4.22. The van der Waals surface area contributed by atoms with Gasteiger partial charge in [0, 0.05) is 68.4 Å². The summed E-state index contributed by atoms with van der Waals surface area (Å²) in [6, 6.07) is 9.89. The van der Waals surface area contributed by atoms with E-state index in [4.69, 9.17) is 0 Å². The number of halogens is 3. The molecule has 0 amide bonds. The predicted octanol–water partition coefficient (Wildman–Crippen LogP) is 8.22. The second-order valence-electron chi connectivity index (χ2n) is 10.1. The number of allylic oxidation sites excluding steroid dienone is 2. The van der Waals surface area contributed by atoms with Gasteiger partial charge in [0.2, 0.25) is 0 Å². The third-order valence-electron chi connectivity index (χ3n) is 6.59. The molecule has 0 bridgehead atoms. The molecule has 0 radical (unpaired) electrons. The van der Waals surface area contributed by atoms with Gasteiger partial charge in [0.15, 0.2) is 0 Å². The van der Waals surface area contributed by atoms with Gasteiger partial charge in [0.1, 0.15) is 5.82 Å². The Balaban J connectivity index is 0.000000405. The molecular weight excluding hydrogens is 471 g/mol. The van der Waals surface area contributed by atoms with Crippen molar-refractivity contribution in [3.8, 4) is 11.1 Å². The van der Waals surface area contributed by atoms with Crippen molar-refractivity contribution < 1.29 is 13.2 Å². The van der Waals surface area contributed by atoms with E-state index in [1.54, 1.807) is 6.92 Å². The van der Waals surface area contributed by atoms with Crippen LogP contribution >= 0.6 is 0 Å². The standard InChI is InChI=1S/C25H30F2N2.C6H6FN/c1-17(2)19(5)24-13-21(6-7-23(24)18(3)4)22-12-20(14-28-15-22)16-29-10-8-25(26,27)9-11-29;1-5-4-8-3-2-6(5)7/h6-7,12-15,18H,1,5,8-11,16H2,2-4H3;2-4H,1H3. The van der Waals surface area contributed by atoms with Crippen molar-refractivity contribution in [1.82, 2.24) is 14.9 Å². The molecule has 0 atom stereocenters. The van der Waals surface area contributed by atoms with Crippen molar-refractivity contribution in [1.29, 1.82) is 0 Å². The third-order valence-corrected chi connectivity index (χ3v) is 6.59. The minimum atomic E-state index is -2.52. The zero-order chi connectivity index (χ0) is 27.2. The molecule has 0 spiro atoms. The van der Waals surface area contributed by atoms with Gasteiger partial charge in [0.05, 0.1) is 0 Å². The molecule has 3 heterocycles. The molecule has 196 valence electrons. The molecule has 1 aliphatic heterocycles. The van der Waals surface area contributed by atoms with E-state index >= 15 is 0 Å². The number of benzene rings is 1. The van der Waals surface area contributed by atoms with Gasteiger partial charge >= 0.3 is 0 Å². The zero-order valence-electron chi connectivity index (χ0n) is 22.2. The zero-order valence-corrected chi connectivity index (χ0v) is 22.2.